The highest BCUT2D eigenvalue weighted by Crippen LogP contribution is 2.32. The minimum Gasteiger partial charge on any atom is -0.324 e. The molecule has 4 rings (SSSR count). The first-order valence-electron chi connectivity index (χ1n) is 11.8. The molecule has 0 unspecified atom stereocenters. The zero-order chi connectivity index (χ0) is 24.9. The Hall–Kier alpha value is -3.74. The number of rotatable bonds is 7. The zero-order valence-corrected chi connectivity index (χ0v) is 19.9. The molecule has 35 heavy (non-hydrogen) atoms. The largest absolute Gasteiger partial charge is 0.324 e. The van der Waals surface area contributed by atoms with E-state index < -0.39 is 11.6 Å². The van der Waals surface area contributed by atoms with Crippen LogP contribution in [0.15, 0.2) is 66.7 Å². The third-order valence-corrected chi connectivity index (χ3v) is 6.31. The summed E-state index contributed by atoms with van der Waals surface area (Å²) in [6, 6.07) is 18.3. The van der Waals surface area contributed by atoms with Gasteiger partial charge in [-0.2, -0.15) is 0 Å². The van der Waals surface area contributed by atoms with Gasteiger partial charge in [0.1, 0.15) is 11.6 Å². The molecule has 3 amide bonds. The van der Waals surface area contributed by atoms with Crippen molar-refractivity contribution in [3.8, 4) is 0 Å². The fourth-order valence-corrected chi connectivity index (χ4v) is 4.47. The third kappa shape index (κ3) is 5.50. The second-order valence-corrected chi connectivity index (χ2v) is 8.83. The van der Waals surface area contributed by atoms with Crippen molar-refractivity contribution in [2.45, 2.75) is 39.2 Å². The van der Waals surface area contributed by atoms with Crippen molar-refractivity contribution in [2.75, 3.05) is 23.3 Å². The number of hydrogen-bond donors (Lipinski definition) is 1. The first kappa shape index (κ1) is 24.4. The molecule has 1 aliphatic heterocycles. The number of carbonyl (C=O) groups excluding carboxylic acids is 2. The van der Waals surface area contributed by atoms with Gasteiger partial charge >= 0.3 is 6.03 Å². The Balaban J connectivity index is 1.57. The summed E-state index contributed by atoms with van der Waals surface area (Å²) in [7, 11) is 0. The Kier molecular flexibility index (Phi) is 7.44. The molecule has 0 spiro atoms. The van der Waals surface area contributed by atoms with E-state index in [4.69, 9.17) is 0 Å². The number of nitrogens with one attached hydrogen (secondary N) is 1. The Morgan fingerprint density at radius 1 is 1.03 bits per heavy atom. The summed E-state index contributed by atoms with van der Waals surface area (Å²) in [6.07, 6.45) is 1.31. The minimum atomic E-state index is -0.676. The lowest BCUT2D eigenvalue weighted by atomic mass is 9.95. The molecule has 0 aliphatic carbocycles. The normalized spacial score (nSPS) is 14.7. The number of benzene rings is 3. The van der Waals surface area contributed by atoms with E-state index in [1.807, 2.05) is 62.4 Å². The molecule has 1 N–H and O–H groups in total. The maximum absolute atomic E-state index is 14.2. The van der Waals surface area contributed by atoms with Crippen LogP contribution in [0.25, 0.3) is 0 Å². The van der Waals surface area contributed by atoms with Crippen LogP contribution in [0.2, 0.25) is 0 Å². The lowest BCUT2D eigenvalue weighted by Gasteiger charge is -2.36. The zero-order valence-electron chi connectivity index (χ0n) is 19.9. The van der Waals surface area contributed by atoms with Gasteiger partial charge in [-0.05, 0) is 49.1 Å². The van der Waals surface area contributed by atoms with Gasteiger partial charge in [0.25, 0.3) is 0 Å². The molecule has 3 aromatic rings. The van der Waals surface area contributed by atoms with Gasteiger partial charge < -0.3 is 10.2 Å². The monoisotopic (exact) mass is 477 g/mol. The fourth-order valence-electron chi connectivity index (χ4n) is 4.47. The van der Waals surface area contributed by atoms with E-state index in [0.29, 0.717) is 37.3 Å². The first-order valence-corrected chi connectivity index (χ1v) is 11.8. The van der Waals surface area contributed by atoms with E-state index >= 15 is 0 Å². The number of aryl methyl sites for hydroxylation is 1. The summed E-state index contributed by atoms with van der Waals surface area (Å²) < 4.78 is 27.5. The smallest absolute Gasteiger partial charge is 0.324 e. The number of halogens is 2. The molecular formula is C28H29F2N3O2. The highest BCUT2D eigenvalue weighted by molar-refractivity contribution is 6.02. The highest BCUT2D eigenvalue weighted by atomic mass is 19.1. The van der Waals surface area contributed by atoms with Crippen LogP contribution in [0.1, 0.15) is 42.4 Å². The molecule has 1 atom stereocenters. The Morgan fingerprint density at radius 3 is 2.51 bits per heavy atom. The van der Waals surface area contributed by atoms with E-state index in [1.54, 1.807) is 9.80 Å². The van der Waals surface area contributed by atoms with E-state index in [2.05, 4.69) is 5.32 Å². The predicted octanol–water partition coefficient (Wildman–Crippen LogP) is 6.24. The number of hydrogen-bond acceptors (Lipinski definition) is 2. The maximum Gasteiger partial charge on any atom is 0.324 e. The van der Waals surface area contributed by atoms with Crippen LogP contribution in [0.3, 0.4) is 0 Å². The summed E-state index contributed by atoms with van der Waals surface area (Å²) in [5, 5.41) is 3.05. The molecule has 1 aliphatic rings. The molecule has 0 aromatic heterocycles. The van der Waals surface area contributed by atoms with Crippen molar-refractivity contribution in [3.05, 3.63) is 95.1 Å². The van der Waals surface area contributed by atoms with Crippen LogP contribution in [0, 0.1) is 18.6 Å². The SMILES string of the molecule is CC[C@@H](C(=O)Nc1cc(C)ccc1N1CCCN(Cc2ccc(F)cc2F)C1=O)c1ccccc1. The first-order chi connectivity index (χ1) is 16.9. The topological polar surface area (TPSA) is 52.7 Å². The van der Waals surface area contributed by atoms with E-state index in [0.717, 1.165) is 17.2 Å². The van der Waals surface area contributed by atoms with E-state index in [1.165, 1.54) is 12.1 Å². The number of carbonyl (C=O) groups is 2. The lowest BCUT2D eigenvalue weighted by molar-refractivity contribution is -0.117. The van der Waals surface area contributed by atoms with Gasteiger partial charge in [-0.25, -0.2) is 13.6 Å². The Bertz CT molecular complexity index is 1220. The van der Waals surface area contributed by atoms with E-state index in [-0.39, 0.29) is 30.0 Å². The van der Waals surface area contributed by atoms with Crippen molar-refractivity contribution in [1.82, 2.24) is 4.90 Å². The number of nitrogens with zero attached hydrogens (tertiary/aromatic N) is 2. The molecule has 3 aromatic carbocycles. The molecule has 0 radical (unpaired) electrons. The molecule has 7 heteroatoms. The lowest BCUT2D eigenvalue weighted by Crippen LogP contribution is -2.49. The fraction of sp³-hybridized carbons (Fsp3) is 0.286. The van der Waals surface area contributed by atoms with Crippen molar-refractivity contribution < 1.29 is 18.4 Å². The Morgan fingerprint density at radius 2 is 1.80 bits per heavy atom. The van der Waals surface area contributed by atoms with Gasteiger partial charge in [-0.3, -0.25) is 9.69 Å². The van der Waals surface area contributed by atoms with Crippen molar-refractivity contribution in [1.29, 1.82) is 0 Å². The average Bonchev–Trinajstić information content (AvgIpc) is 2.84. The molecule has 1 fully saturated rings. The maximum atomic E-state index is 14.2. The average molecular weight is 478 g/mol. The number of amides is 3. The van der Waals surface area contributed by atoms with Gasteiger partial charge in [-0.1, -0.05) is 49.4 Å². The highest BCUT2D eigenvalue weighted by Gasteiger charge is 2.30. The van der Waals surface area contributed by atoms with Crippen LogP contribution >= 0.6 is 0 Å². The molecular weight excluding hydrogens is 448 g/mol. The van der Waals surface area contributed by atoms with Gasteiger partial charge in [0.15, 0.2) is 0 Å². The standard InChI is InChI=1S/C28H29F2N3O2/c1-3-23(20-8-5-4-6-9-20)27(34)31-25-16-19(2)10-13-26(25)33-15-7-14-32(28(33)35)18-21-11-12-22(29)17-24(21)30/h4-6,8-13,16-17,23H,3,7,14-15,18H2,1-2H3,(H,31,34)/t23-/m1/s1. The van der Waals surface area contributed by atoms with Crippen LogP contribution in [0.4, 0.5) is 25.0 Å². The summed E-state index contributed by atoms with van der Waals surface area (Å²) in [4.78, 5) is 29.8. The molecule has 5 nitrogen and oxygen atoms in total. The third-order valence-electron chi connectivity index (χ3n) is 6.31. The summed E-state index contributed by atoms with van der Waals surface area (Å²) >= 11 is 0. The van der Waals surface area contributed by atoms with Crippen LogP contribution in [-0.2, 0) is 11.3 Å². The summed E-state index contributed by atoms with van der Waals surface area (Å²) in [6.45, 7) is 4.88. The van der Waals surface area contributed by atoms with Crippen LogP contribution in [0.5, 0.6) is 0 Å². The minimum absolute atomic E-state index is 0.0426. The molecule has 0 bridgehead atoms. The summed E-state index contributed by atoms with van der Waals surface area (Å²) in [5.41, 5.74) is 3.30. The van der Waals surface area contributed by atoms with Gasteiger partial charge in [-0.15, -0.1) is 0 Å². The molecule has 182 valence electrons. The van der Waals surface area contributed by atoms with Gasteiger partial charge in [0, 0.05) is 24.7 Å². The predicted molar refractivity (Wildman–Crippen MR) is 133 cm³/mol. The van der Waals surface area contributed by atoms with Crippen molar-refractivity contribution in [2.24, 2.45) is 0 Å². The number of anilines is 2. The van der Waals surface area contributed by atoms with E-state index in [9.17, 15) is 18.4 Å². The second kappa shape index (κ2) is 10.7. The number of urea groups is 1. The van der Waals surface area contributed by atoms with Crippen molar-refractivity contribution in [3.63, 3.8) is 0 Å². The van der Waals surface area contributed by atoms with Gasteiger partial charge in [0.2, 0.25) is 5.91 Å². The quantitative estimate of drug-likeness (QED) is 0.438. The summed E-state index contributed by atoms with van der Waals surface area (Å²) in [5.74, 6) is -1.79. The second-order valence-electron chi connectivity index (χ2n) is 8.83. The molecule has 1 saturated heterocycles. The Labute approximate surface area is 204 Å². The molecule has 0 saturated carbocycles. The van der Waals surface area contributed by atoms with Gasteiger partial charge in [0.05, 0.1) is 23.8 Å². The van der Waals surface area contributed by atoms with Crippen LogP contribution in [-0.4, -0.2) is 29.9 Å². The van der Waals surface area contributed by atoms with Crippen molar-refractivity contribution >= 4 is 23.3 Å². The van der Waals surface area contributed by atoms with Crippen LogP contribution < -0.4 is 10.2 Å². The molecule has 1 heterocycles.